The molecule has 0 radical (unpaired) electrons. The fraction of sp³-hybridized carbons (Fsp3) is 0.294. The minimum absolute atomic E-state index is 0.0378. The molecular formula is C17H18N4O2S. The van der Waals surface area contributed by atoms with Crippen molar-refractivity contribution in [2.75, 3.05) is 5.32 Å². The number of Topliss-reactive ketones (excluding diaryl/α,β-unsaturated/α-hetero) is 1. The number of aliphatic imine (C=N–C) groups is 1. The Balaban J connectivity index is 1.61. The number of thiazole rings is 1. The van der Waals surface area contributed by atoms with Crippen LogP contribution in [0, 0.1) is 0 Å². The standard InChI is InChI=1S/C17H18N4O2S/c1-2-3-5-12-10-19-15(23-12)8-7-13-11-20-17(24-13)21-16-14(22)6-4-9-18-16/h4,7-11H,2-3,5-6H2,1H3,(H,18,20,21)/b8-7+. The molecule has 0 spiro atoms. The van der Waals surface area contributed by atoms with Gasteiger partial charge < -0.3 is 9.73 Å². The summed E-state index contributed by atoms with van der Waals surface area (Å²) in [5.74, 6) is 1.78. The molecule has 0 aliphatic carbocycles. The minimum Gasteiger partial charge on any atom is -0.442 e. The molecule has 3 heterocycles. The number of aryl methyl sites for hydroxylation is 1. The average molecular weight is 342 g/mol. The van der Waals surface area contributed by atoms with Gasteiger partial charge in [0.15, 0.2) is 11.0 Å². The summed E-state index contributed by atoms with van der Waals surface area (Å²) >= 11 is 1.43. The number of nitrogens with one attached hydrogen (secondary N) is 1. The second-order valence-corrected chi connectivity index (χ2v) is 6.35. The Kier molecular flexibility index (Phi) is 5.32. The molecule has 0 unspecified atom stereocenters. The third kappa shape index (κ3) is 4.26. The highest BCUT2D eigenvalue weighted by molar-refractivity contribution is 7.16. The highest BCUT2D eigenvalue weighted by atomic mass is 32.1. The molecule has 2 aromatic heterocycles. The molecule has 0 aromatic carbocycles. The van der Waals surface area contributed by atoms with Crippen molar-refractivity contribution in [1.82, 2.24) is 9.97 Å². The Morgan fingerprint density at radius 3 is 3.08 bits per heavy atom. The van der Waals surface area contributed by atoms with E-state index in [1.165, 1.54) is 11.3 Å². The van der Waals surface area contributed by atoms with Gasteiger partial charge in [-0.25, -0.2) is 15.0 Å². The molecule has 2 aromatic rings. The smallest absolute Gasteiger partial charge is 0.218 e. The van der Waals surface area contributed by atoms with Gasteiger partial charge in [0.25, 0.3) is 0 Å². The van der Waals surface area contributed by atoms with Crippen LogP contribution in [-0.4, -0.2) is 21.6 Å². The lowest BCUT2D eigenvalue weighted by molar-refractivity contribution is -0.112. The summed E-state index contributed by atoms with van der Waals surface area (Å²) in [6.07, 6.45) is 14.1. The maximum absolute atomic E-state index is 11.7. The first-order valence-electron chi connectivity index (χ1n) is 7.86. The van der Waals surface area contributed by atoms with Crippen LogP contribution in [0.15, 0.2) is 34.1 Å². The number of oxazole rings is 1. The second kappa shape index (κ2) is 7.83. The number of rotatable bonds is 6. The Hall–Kier alpha value is -2.54. The van der Waals surface area contributed by atoms with Crippen molar-refractivity contribution in [1.29, 1.82) is 0 Å². The number of ketones is 1. The first-order valence-corrected chi connectivity index (χ1v) is 8.68. The quantitative estimate of drug-likeness (QED) is 0.860. The molecule has 1 aliphatic rings. The van der Waals surface area contributed by atoms with Crippen molar-refractivity contribution in [3.8, 4) is 0 Å². The Morgan fingerprint density at radius 2 is 2.25 bits per heavy atom. The topological polar surface area (TPSA) is 80.4 Å². The molecule has 3 rings (SSSR count). The molecule has 0 amide bonds. The molecule has 0 saturated carbocycles. The first kappa shape index (κ1) is 16.3. The number of aromatic nitrogens is 2. The lowest BCUT2D eigenvalue weighted by Crippen LogP contribution is -2.23. The maximum atomic E-state index is 11.7. The van der Waals surface area contributed by atoms with Crippen molar-refractivity contribution >= 4 is 40.2 Å². The third-order valence-electron chi connectivity index (χ3n) is 3.36. The van der Waals surface area contributed by atoms with Crippen LogP contribution in [-0.2, 0) is 11.2 Å². The molecule has 1 aliphatic heterocycles. The van der Waals surface area contributed by atoms with E-state index in [9.17, 15) is 4.79 Å². The fourth-order valence-corrected chi connectivity index (χ4v) is 2.82. The highest BCUT2D eigenvalue weighted by Gasteiger charge is 2.13. The van der Waals surface area contributed by atoms with E-state index in [4.69, 9.17) is 4.42 Å². The van der Waals surface area contributed by atoms with Crippen molar-refractivity contribution in [2.45, 2.75) is 32.6 Å². The zero-order valence-electron chi connectivity index (χ0n) is 13.4. The van der Waals surface area contributed by atoms with E-state index in [1.54, 1.807) is 24.7 Å². The van der Waals surface area contributed by atoms with Gasteiger partial charge in [-0.15, -0.1) is 0 Å². The second-order valence-electron chi connectivity index (χ2n) is 5.28. The van der Waals surface area contributed by atoms with Crippen LogP contribution >= 0.6 is 11.3 Å². The van der Waals surface area contributed by atoms with Crippen LogP contribution in [0.4, 0.5) is 5.13 Å². The van der Waals surface area contributed by atoms with E-state index in [1.807, 2.05) is 12.2 Å². The SMILES string of the molecule is CCCCc1cnc(/C=C/c2cnc(NC3=NC=CCC3=O)s2)o1. The van der Waals surface area contributed by atoms with Crippen molar-refractivity contribution in [3.05, 3.63) is 41.2 Å². The largest absolute Gasteiger partial charge is 0.442 e. The lowest BCUT2D eigenvalue weighted by atomic mass is 10.2. The molecule has 0 atom stereocenters. The number of carbonyl (C=O) groups is 1. The van der Waals surface area contributed by atoms with Gasteiger partial charge in [-0.3, -0.25) is 4.79 Å². The average Bonchev–Trinajstić information content (AvgIpc) is 3.22. The van der Waals surface area contributed by atoms with E-state index >= 15 is 0 Å². The van der Waals surface area contributed by atoms with Crippen molar-refractivity contribution in [2.24, 2.45) is 4.99 Å². The summed E-state index contributed by atoms with van der Waals surface area (Å²) in [5.41, 5.74) is 0. The monoisotopic (exact) mass is 342 g/mol. The van der Waals surface area contributed by atoms with Crippen LogP contribution in [0.25, 0.3) is 12.2 Å². The fourth-order valence-electron chi connectivity index (χ4n) is 2.10. The van der Waals surface area contributed by atoms with Gasteiger partial charge in [-0.2, -0.15) is 0 Å². The molecule has 0 bridgehead atoms. The number of carbonyl (C=O) groups excluding carboxylic acids is 1. The zero-order chi connectivity index (χ0) is 16.8. The zero-order valence-corrected chi connectivity index (χ0v) is 14.2. The molecule has 6 nitrogen and oxygen atoms in total. The summed E-state index contributed by atoms with van der Waals surface area (Å²) in [7, 11) is 0. The van der Waals surface area contributed by atoms with Gasteiger partial charge >= 0.3 is 0 Å². The molecule has 0 saturated heterocycles. The van der Waals surface area contributed by atoms with Crippen LogP contribution in [0.5, 0.6) is 0 Å². The van der Waals surface area contributed by atoms with Gasteiger partial charge in [-0.05, 0) is 12.5 Å². The number of amidine groups is 1. The summed E-state index contributed by atoms with van der Waals surface area (Å²) in [6.45, 7) is 2.15. The van der Waals surface area contributed by atoms with E-state index in [0.29, 0.717) is 23.3 Å². The summed E-state index contributed by atoms with van der Waals surface area (Å²) in [5, 5.41) is 3.59. The maximum Gasteiger partial charge on any atom is 0.218 e. The van der Waals surface area contributed by atoms with Crippen molar-refractivity contribution < 1.29 is 9.21 Å². The lowest BCUT2D eigenvalue weighted by Gasteiger charge is -2.06. The molecule has 0 fully saturated rings. The van der Waals surface area contributed by atoms with E-state index in [0.717, 1.165) is 29.9 Å². The minimum atomic E-state index is -0.0378. The predicted octanol–water partition coefficient (Wildman–Crippen LogP) is 3.94. The summed E-state index contributed by atoms with van der Waals surface area (Å²) in [4.78, 5) is 25.2. The third-order valence-corrected chi connectivity index (χ3v) is 4.24. The van der Waals surface area contributed by atoms with Gasteiger partial charge in [0.2, 0.25) is 11.7 Å². The molecular weight excluding hydrogens is 324 g/mol. The highest BCUT2D eigenvalue weighted by Crippen LogP contribution is 2.21. The van der Waals surface area contributed by atoms with Crippen molar-refractivity contribution in [3.63, 3.8) is 0 Å². The van der Waals surface area contributed by atoms with E-state index in [-0.39, 0.29) is 5.78 Å². The molecule has 7 heteroatoms. The van der Waals surface area contributed by atoms with Crippen LogP contribution in [0.3, 0.4) is 0 Å². The van der Waals surface area contributed by atoms with Crippen LogP contribution in [0.2, 0.25) is 0 Å². The van der Waals surface area contributed by atoms with E-state index < -0.39 is 0 Å². The van der Waals surface area contributed by atoms with Gasteiger partial charge in [-0.1, -0.05) is 30.8 Å². The number of allylic oxidation sites excluding steroid dienone is 1. The number of anilines is 1. The normalized spacial score (nSPS) is 14.4. The Labute approximate surface area is 144 Å². The predicted molar refractivity (Wildman–Crippen MR) is 96.0 cm³/mol. The number of nitrogens with zero attached hydrogens (tertiary/aromatic N) is 3. The van der Waals surface area contributed by atoms with Crippen LogP contribution in [0.1, 0.15) is 42.7 Å². The van der Waals surface area contributed by atoms with Gasteiger partial charge in [0.05, 0.1) is 6.20 Å². The van der Waals surface area contributed by atoms with Gasteiger partial charge in [0, 0.05) is 36.2 Å². The molecule has 124 valence electrons. The van der Waals surface area contributed by atoms with Crippen LogP contribution < -0.4 is 5.32 Å². The van der Waals surface area contributed by atoms with E-state index in [2.05, 4.69) is 27.2 Å². The number of unbranched alkanes of at least 4 members (excludes halogenated alkanes) is 1. The van der Waals surface area contributed by atoms with Gasteiger partial charge in [0.1, 0.15) is 5.76 Å². The molecule has 1 N–H and O–H groups in total. The Bertz CT molecular complexity index is 801. The first-order chi connectivity index (χ1) is 11.7. The summed E-state index contributed by atoms with van der Waals surface area (Å²) < 4.78 is 5.65. The number of hydrogen-bond acceptors (Lipinski definition) is 7. The molecule has 24 heavy (non-hydrogen) atoms. The summed E-state index contributed by atoms with van der Waals surface area (Å²) in [6, 6.07) is 0. The Morgan fingerprint density at radius 1 is 1.33 bits per heavy atom. The number of hydrogen-bond donors (Lipinski definition) is 1.